The maximum absolute atomic E-state index is 12.2. The highest BCUT2D eigenvalue weighted by Gasteiger charge is 2.21. The van der Waals surface area contributed by atoms with Crippen LogP contribution in [0.4, 0.5) is 5.69 Å². The molecule has 2 rings (SSSR count). The maximum atomic E-state index is 12.2. The molecule has 0 atom stereocenters. The van der Waals surface area contributed by atoms with E-state index in [9.17, 15) is 4.79 Å². The lowest BCUT2D eigenvalue weighted by Crippen LogP contribution is -2.41. The van der Waals surface area contributed by atoms with Gasteiger partial charge in [0.15, 0.2) is 0 Å². The molecule has 0 aliphatic carbocycles. The van der Waals surface area contributed by atoms with Gasteiger partial charge >= 0.3 is 0 Å². The average Bonchev–Trinajstić information content (AvgIpc) is 2.50. The van der Waals surface area contributed by atoms with Gasteiger partial charge in [0.1, 0.15) is 5.75 Å². The van der Waals surface area contributed by atoms with E-state index in [1.54, 1.807) is 7.11 Å². The van der Waals surface area contributed by atoms with Gasteiger partial charge in [0.25, 0.3) is 0 Å². The van der Waals surface area contributed by atoms with Crippen molar-refractivity contribution in [3.05, 3.63) is 23.8 Å². The Kier molecular flexibility index (Phi) is 6.21. The number of likely N-dealkylation sites (tertiary alicyclic amines) is 1. The number of hydrogen-bond acceptors (Lipinski definition) is 4. The summed E-state index contributed by atoms with van der Waals surface area (Å²) in [5.74, 6) is 0.688. The van der Waals surface area contributed by atoms with Gasteiger partial charge in [-0.2, -0.15) is 0 Å². The van der Waals surface area contributed by atoms with Crippen LogP contribution in [0, 0.1) is 6.92 Å². The molecule has 0 radical (unpaired) electrons. The summed E-state index contributed by atoms with van der Waals surface area (Å²) in [6.07, 6.45) is 2.34. The number of amides is 1. The first-order valence-corrected chi connectivity index (χ1v) is 7.90. The van der Waals surface area contributed by atoms with Gasteiger partial charge in [-0.15, -0.1) is 0 Å². The van der Waals surface area contributed by atoms with Crippen LogP contribution in [-0.2, 0) is 9.53 Å². The van der Waals surface area contributed by atoms with Crippen molar-refractivity contribution >= 4 is 11.6 Å². The Morgan fingerprint density at radius 2 is 2.09 bits per heavy atom. The zero-order valence-corrected chi connectivity index (χ0v) is 13.7. The number of hydrogen-bond donors (Lipinski definition) is 1. The summed E-state index contributed by atoms with van der Waals surface area (Å²) in [4.78, 5) is 14.4. The van der Waals surface area contributed by atoms with Crippen LogP contribution in [0.25, 0.3) is 0 Å². The summed E-state index contributed by atoms with van der Waals surface area (Å²) in [6, 6.07) is 5.77. The molecule has 122 valence electrons. The molecular formula is C17H26N2O3. The molecule has 1 fully saturated rings. The number of rotatable bonds is 6. The number of methoxy groups -OCH3 is 1. The Morgan fingerprint density at radius 3 is 2.73 bits per heavy atom. The van der Waals surface area contributed by atoms with E-state index in [0.29, 0.717) is 18.4 Å². The predicted octanol–water partition coefficient (Wildman–Crippen LogP) is 2.44. The standard InChI is InChI=1S/C17H26N2O3/c1-4-22-14-7-9-19(10-8-14)12-17(20)18-15-11-13(2)5-6-16(15)21-3/h5-6,11,14H,4,7-10,12H2,1-3H3,(H,18,20). The normalized spacial score (nSPS) is 16.5. The van der Waals surface area contributed by atoms with Crippen LogP contribution in [0.1, 0.15) is 25.3 Å². The van der Waals surface area contributed by atoms with Crippen LogP contribution >= 0.6 is 0 Å². The third-order valence-corrected chi connectivity index (χ3v) is 3.93. The highest BCUT2D eigenvalue weighted by Crippen LogP contribution is 2.25. The molecule has 5 heteroatoms. The van der Waals surface area contributed by atoms with Crippen molar-refractivity contribution in [3.63, 3.8) is 0 Å². The van der Waals surface area contributed by atoms with Gasteiger partial charge in [-0.05, 0) is 44.4 Å². The summed E-state index contributed by atoms with van der Waals surface area (Å²) in [6.45, 7) is 7.00. The van der Waals surface area contributed by atoms with E-state index in [4.69, 9.17) is 9.47 Å². The highest BCUT2D eigenvalue weighted by molar-refractivity contribution is 5.93. The van der Waals surface area contributed by atoms with Gasteiger partial charge in [-0.1, -0.05) is 6.07 Å². The largest absolute Gasteiger partial charge is 0.495 e. The molecule has 1 aromatic rings. The van der Waals surface area contributed by atoms with Crippen LogP contribution in [0.3, 0.4) is 0 Å². The van der Waals surface area contributed by atoms with E-state index in [-0.39, 0.29) is 5.91 Å². The molecule has 0 unspecified atom stereocenters. The number of ether oxygens (including phenoxy) is 2. The molecule has 1 heterocycles. The highest BCUT2D eigenvalue weighted by atomic mass is 16.5. The Hall–Kier alpha value is -1.59. The minimum absolute atomic E-state index is 0.00115. The van der Waals surface area contributed by atoms with E-state index in [1.807, 2.05) is 32.0 Å². The van der Waals surface area contributed by atoms with Crippen molar-refractivity contribution in [1.29, 1.82) is 0 Å². The van der Waals surface area contributed by atoms with E-state index in [0.717, 1.165) is 43.8 Å². The molecule has 1 aliphatic heterocycles. The van der Waals surface area contributed by atoms with Crippen LogP contribution in [0.5, 0.6) is 5.75 Å². The Morgan fingerprint density at radius 1 is 1.36 bits per heavy atom. The fraction of sp³-hybridized carbons (Fsp3) is 0.588. The van der Waals surface area contributed by atoms with Gasteiger partial charge in [0.05, 0.1) is 25.4 Å². The second-order valence-electron chi connectivity index (χ2n) is 5.68. The second kappa shape index (κ2) is 8.15. The van der Waals surface area contributed by atoms with Gasteiger partial charge in [-0.25, -0.2) is 0 Å². The lowest BCUT2D eigenvalue weighted by atomic mass is 10.1. The second-order valence-corrected chi connectivity index (χ2v) is 5.68. The molecule has 0 saturated carbocycles. The van der Waals surface area contributed by atoms with Crippen molar-refractivity contribution < 1.29 is 14.3 Å². The summed E-state index contributed by atoms with van der Waals surface area (Å²) in [7, 11) is 1.61. The molecule has 1 amide bonds. The zero-order chi connectivity index (χ0) is 15.9. The van der Waals surface area contributed by atoms with Gasteiger partial charge in [-0.3, -0.25) is 9.69 Å². The van der Waals surface area contributed by atoms with Crippen LogP contribution < -0.4 is 10.1 Å². The number of carbonyl (C=O) groups excluding carboxylic acids is 1. The van der Waals surface area contributed by atoms with E-state index in [2.05, 4.69) is 10.2 Å². The number of aryl methyl sites for hydroxylation is 1. The monoisotopic (exact) mass is 306 g/mol. The lowest BCUT2D eigenvalue weighted by Gasteiger charge is -2.31. The Bertz CT molecular complexity index is 497. The van der Waals surface area contributed by atoms with E-state index >= 15 is 0 Å². The number of benzene rings is 1. The molecule has 22 heavy (non-hydrogen) atoms. The summed E-state index contributed by atoms with van der Waals surface area (Å²) >= 11 is 0. The molecule has 5 nitrogen and oxygen atoms in total. The van der Waals surface area contributed by atoms with Gasteiger partial charge < -0.3 is 14.8 Å². The molecule has 1 aromatic carbocycles. The topological polar surface area (TPSA) is 50.8 Å². The number of anilines is 1. The number of piperidine rings is 1. The average molecular weight is 306 g/mol. The summed E-state index contributed by atoms with van der Waals surface area (Å²) in [5, 5.41) is 2.95. The molecule has 0 aromatic heterocycles. The van der Waals surface area contributed by atoms with Crippen molar-refractivity contribution in [1.82, 2.24) is 4.90 Å². The fourth-order valence-corrected chi connectivity index (χ4v) is 2.78. The molecule has 1 saturated heterocycles. The fourth-order valence-electron chi connectivity index (χ4n) is 2.78. The van der Waals surface area contributed by atoms with Crippen LogP contribution in [-0.4, -0.2) is 50.3 Å². The minimum Gasteiger partial charge on any atom is -0.495 e. The summed E-state index contributed by atoms with van der Waals surface area (Å²) < 4.78 is 10.9. The van der Waals surface area contributed by atoms with Crippen molar-refractivity contribution in [3.8, 4) is 5.75 Å². The summed E-state index contributed by atoms with van der Waals surface area (Å²) in [5.41, 5.74) is 1.82. The number of nitrogens with one attached hydrogen (secondary N) is 1. The van der Waals surface area contributed by atoms with Crippen LogP contribution in [0.15, 0.2) is 18.2 Å². The zero-order valence-electron chi connectivity index (χ0n) is 13.7. The molecular weight excluding hydrogens is 280 g/mol. The first-order chi connectivity index (χ1) is 10.6. The number of carbonyl (C=O) groups is 1. The SMILES string of the molecule is CCOC1CCN(CC(=O)Nc2cc(C)ccc2OC)CC1. The molecule has 0 bridgehead atoms. The maximum Gasteiger partial charge on any atom is 0.238 e. The molecule has 1 N–H and O–H groups in total. The van der Waals surface area contributed by atoms with Crippen LogP contribution in [0.2, 0.25) is 0 Å². The lowest BCUT2D eigenvalue weighted by molar-refractivity contribution is -0.118. The van der Waals surface area contributed by atoms with Crippen molar-refractivity contribution in [2.75, 3.05) is 38.7 Å². The Balaban J connectivity index is 1.85. The van der Waals surface area contributed by atoms with Gasteiger partial charge in [0.2, 0.25) is 5.91 Å². The number of nitrogens with zero attached hydrogens (tertiary/aromatic N) is 1. The Labute approximate surface area is 132 Å². The first kappa shape index (κ1) is 16.8. The molecule has 0 spiro atoms. The third kappa shape index (κ3) is 4.71. The van der Waals surface area contributed by atoms with E-state index < -0.39 is 0 Å². The quantitative estimate of drug-likeness (QED) is 0.877. The predicted molar refractivity (Wildman–Crippen MR) is 87.4 cm³/mol. The van der Waals surface area contributed by atoms with E-state index in [1.165, 1.54) is 0 Å². The third-order valence-electron chi connectivity index (χ3n) is 3.93. The smallest absolute Gasteiger partial charge is 0.238 e. The van der Waals surface area contributed by atoms with Crippen molar-refractivity contribution in [2.45, 2.75) is 32.8 Å². The minimum atomic E-state index is -0.00115. The molecule has 1 aliphatic rings. The van der Waals surface area contributed by atoms with Gasteiger partial charge in [0, 0.05) is 19.7 Å². The van der Waals surface area contributed by atoms with Crippen molar-refractivity contribution in [2.24, 2.45) is 0 Å². The first-order valence-electron chi connectivity index (χ1n) is 7.90.